The topological polar surface area (TPSA) is 12.9 Å². The first-order chi connectivity index (χ1) is 7.81. The van der Waals surface area contributed by atoms with Gasteiger partial charge in [0.1, 0.15) is 5.01 Å². The minimum atomic E-state index is 0.309. The molecule has 2 aromatic rings. The molecule has 0 N–H and O–H groups in total. The third-order valence-corrected chi connectivity index (χ3v) is 4.50. The van der Waals surface area contributed by atoms with Crippen LogP contribution in [0.15, 0.2) is 24.3 Å². The van der Waals surface area contributed by atoms with Crippen molar-refractivity contribution in [3.63, 3.8) is 0 Å². The molecular weight excluding hydrogens is 234 g/mol. The summed E-state index contributed by atoms with van der Waals surface area (Å²) in [6.45, 7) is 2.23. The van der Waals surface area contributed by atoms with Crippen molar-refractivity contribution < 1.29 is 0 Å². The van der Waals surface area contributed by atoms with Crippen LogP contribution in [0.3, 0.4) is 0 Å². The van der Waals surface area contributed by atoms with Crippen molar-refractivity contribution in [1.29, 1.82) is 0 Å². The Labute approximate surface area is 106 Å². The van der Waals surface area contributed by atoms with Gasteiger partial charge in [-0.3, -0.25) is 0 Å². The molecule has 0 aliphatic rings. The highest BCUT2D eigenvalue weighted by molar-refractivity contribution is 7.80. The lowest BCUT2D eigenvalue weighted by Crippen LogP contribution is -1.89. The van der Waals surface area contributed by atoms with Crippen molar-refractivity contribution in [2.45, 2.75) is 37.9 Å². The van der Waals surface area contributed by atoms with Crippen molar-refractivity contribution in [1.82, 2.24) is 4.98 Å². The molecule has 0 spiro atoms. The first-order valence-corrected chi connectivity index (χ1v) is 7.18. The molecule has 86 valence electrons. The van der Waals surface area contributed by atoms with Gasteiger partial charge in [-0.25, -0.2) is 4.98 Å². The number of hydrogen-bond donors (Lipinski definition) is 1. The van der Waals surface area contributed by atoms with Gasteiger partial charge in [-0.05, 0) is 18.6 Å². The molecule has 2 rings (SSSR count). The van der Waals surface area contributed by atoms with E-state index in [9.17, 15) is 0 Å². The number of unbranched alkanes of at least 4 members (excludes halogenated alkanes) is 2. The highest BCUT2D eigenvalue weighted by atomic mass is 32.1. The molecule has 0 bridgehead atoms. The van der Waals surface area contributed by atoms with Crippen molar-refractivity contribution >= 4 is 34.2 Å². The van der Waals surface area contributed by atoms with Crippen LogP contribution >= 0.6 is 24.0 Å². The van der Waals surface area contributed by atoms with Crippen LogP contribution in [0.2, 0.25) is 0 Å². The number of thiol groups is 1. The maximum Gasteiger partial charge on any atom is 0.107 e. The summed E-state index contributed by atoms with van der Waals surface area (Å²) in [7, 11) is 0. The van der Waals surface area contributed by atoms with E-state index in [1.54, 1.807) is 11.3 Å². The van der Waals surface area contributed by atoms with Crippen molar-refractivity contribution in [3.05, 3.63) is 29.3 Å². The Bertz CT molecular complexity index is 417. The lowest BCUT2D eigenvalue weighted by molar-refractivity contribution is 0.660. The first kappa shape index (κ1) is 11.9. The smallest absolute Gasteiger partial charge is 0.107 e. The van der Waals surface area contributed by atoms with Gasteiger partial charge in [-0.15, -0.1) is 11.3 Å². The molecule has 0 amide bonds. The van der Waals surface area contributed by atoms with E-state index in [0.717, 1.165) is 11.9 Å². The highest BCUT2D eigenvalue weighted by Crippen LogP contribution is 2.32. The number of fused-ring (bicyclic) bond motifs is 1. The molecule has 0 aliphatic carbocycles. The first-order valence-electron chi connectivity index (χ1n) is 5.85. The van der Waals surface area contributed by atoms with Crippen molar-refractivity contribution in [2.75, 3.05) is 0 Å². The number of rotatable bonds is 5. The SMILES string of the molecule is CCCCCC(S)c1nc2ccccc2s1. The zero-order chi connectivity index (χ0) is 11.4. The van der Waals surface area contributed by atoms with Crippen LogP contribution in [0.1, 0.15) is 42.9 Å². The molecular formula is C13H17NS2. The normalized spacial score (nSPS) is 13.1. The quantitative estimate of drug-likeness (QED) is 0.592. The van der Waals surface area contributed by atoms with Gasteiger partial charge < -0.3 is 0 Å². The van der Waals surface area contributed by atoms with Crippen molar-refractivity contribution in [3.8, 4) is 0 Å². The van der Waals surface area contributed by atoms with Gasteiger partial charge in [0, 0.05) is 0 Å². The number of benzene rings is 1. The summed E-state index contributed by atoms with van der Waals surface area (Å²) in [6, 6.07) is 8.30. The Balaban J connectivity index is 2.07. The van der Waals surface area contributed by atoms with Crippen molar-refractivity contribution in [2.24, 2.45) is 0 Å². The van der Waals surface area contributed by atoms with Gasteiger partial charge in [-0.2, -0.15) is 12.6 Å². The molecule has 0 radical (unpaired) electrons. The maximum atomic E-state index is 4.65. The van der Waals surface area contributed by atoms with Gasteiger partial charge in [0.25, 0.3) is 0 Å². The Morgan fingerprint density at radius 2 is 2.12 bits per heavy atom. The number of aromatic nitrogens is 1. The average molecular weight is 251 g/mol. The summed E-state index contributed by atoms with van der Waals surface area (Å²) in [5.74, 6) is 0. The van der Waals surface area contributed by atoms with Crippen LogP contribution in [-0.4, -0.2) is 4.98 Å². The van der Waals surface area contributed by atoms with Crippen LogP contribution in [0.25, 0.3) is 10.2 Å². The molecule has 1 atom stereocenters. The zero-order valence-corrected chi connectivity index (χ0v) is 11.2. The van der Waals surface area contributed by atoms with E-state index in [2.05, 4.69) is 42.7 Å². The van der Waals surface area contributed by atoms with Crippen LogP contribution in [0, 0.1) is 0 Å². The second-order valence-corrected chi connectivity index (χ2v) is 5.72. The molecule has 1 aromatic carbocycles. The average Bonchev–Trinajstić information content (AvgIpc) is 2.73. The van der Waals surface area contributed by atoms with Gasteiger partial charge in [0.05, 0.1) is 15.5 Å². The standard InChI is InChI=1S/C13H17NS2/c1-2-3-4-8-11(15)13-14-10-7-5-6-9-12(10)16-13/h5-7,9,11,15H,2-4,8H2,1H3. The predicted octanol–water partition coefficient (Wildman–Crippen LogP) is 4.85. The van der Waals surface area contributed by atoms with Gasteiger partial charge in [-0.1, -0.05) is 38.3 Å². The highest BCUT2D eigenvalue weighted by Gasteiger charge is 2.11. The summed E-state index contributed by atoms with van der Waals surface area (Å²) in [4.78, 5) is 4.63. The molecule has 0 saturated heterocycles. The Morgan fingerprint density at radius 3 is 2.88 bits per heavy atom. The molecule has 0 fully saturated rings. The monoisotopic (exact) mass is 251 g/mol. The minimum Gasteiger partial charge on any atom is -0.240 e. The van der Waals surface area contributed by atoms with E-state index in [1.807, 2.05) is 6.07 Å². The molecule has 1 aromatic heterocycles. The second kappa shape index (κ2) is 5.69. The molecule has 0 saturated carbocycles. The minimum absolute atomic E-state index is 0.309. The fourth-order valence-corrected chi connectivity index (χ4v) is 3.13. The summed E-state index contributed by atoms with van der Waals surface area (Å²) < 4.78 is 1.27. The van der Waals surface area contributed by atoms with Gasteiger partial charge >= 0.3 is 0 Å². The Kier molecular flexibility index (Phi) is 4.24. The van der Waals surface area contributed by atoms with Crippen LogP contribution in [-0.2, 0) is 0 Å². The summed E-state index contributed by atoms with van der Waals surface area (Å²) in [5.41, 5.74) is 1.11. The predicted molar refractivity (Wildman–Crippen MR) is 75.5 cm³/mol. The number of hydrogen-bond acceptors (Lipinski definition) is 3. The Morgan fingerprint density at radius 1 is 1.31 bits per heavy atom. The van der Waals surface area contributed by atoms with E-state index in [0.29, 0.717) is 5.25 Å². The molecule has 1 heterocycles. The third kappa shape index (κ3) is 2.77. The van der Waals surface area contributed by atoms with E-state index >= 15 is 0 Å². The number of para-hydroxylation sites is 1. The molecule has 0 aliphatic heterocycles. The second-order valence-electron chi connectivity index (χ2n) is 4.03. The van der Waals surface area contributed by atoms with Gasteiger partial charge in [0.2, 0.25) is 0 Å². The van der Waals surface area contributed by atoms with E-state index in [4.69, 9.17) is 0 Å². The number of nitrogens with zero attached hydrogens (tertiary/aromatic N) is 1. The third-order valence-electron chi connectivity index (χ3n) is 2.68. The lowest BCUT2D eigenvalue weighted by Gasteiger charge is -2.05. The molecule has 16 heavy (non-hydrogen) atoms. The largest absolute Gasteiger partial charge is 0.240 e. The summed E-state index contributed by atoms with van der Waals surface area (Å²) in [6.07, 6.45) is 4.94. The van der Waals surface area contributed by atoms with E-state index in [-0.39, 0.29) is 0 Å². The maximum absolute atomic E-state index is 4.65. The fourth-order valence-electron chi connectivity index (χ4n) is 1.74. The molecule has 1 nitrogen and oxygen atoms in total. The van der Waals surface area contributed by atoms with Gasteiger partial charge in [0.15, 0.2) is 0 Å². The fraction of sp³-hybridized carbons (Fsp3) is 0.462. The van der Waals surface area contributed by atoms with E-state index in [1.165, 1.54) is 29.0 Å². The summed E-state index contributed by atoms with van der Waals surface area (Å²) in [5, 5.41) is 1.48. The van der Waals surface area contributed by atoms with Crippen LogP contribution in [0.5, 0.6) is 0 Å². The van der Waals surface area contributed by atoms with Crippen LogP contribution in [0.4, 0.5) is 0 Å². The number of thiazole rings is 1. The Hall–Kier alpha value is -0.540. The zero-order valence-electron chi connectivity index (χ0n) is 9.52. The lowest BCUT2D eigenvalue weighted by atomic mass is 10.1. The molecule has 1 unspecified atom stereocenters. The van der Waals surface area contributed by atoms with E-state index < -0.39 is 0 Å². The summed E-state index contributed by atoms with van der Waals surface area (Å²) >= 11 is 6.43. The molecule has 3 heteroatoms. The van der Waals surface area contributed by atoms with Crippen LogP contribution < -0.4 is 0 Å².